The summed E-state index contributed by atoms with van der Waals surface area (Å²) in [5.74, 6) is -0.631. The molecule has 0 saturated heterocycles. The number of anilines is 1. The molecule has 7 heteroatoms. The first-order chi connectivity index (χ1) is 12.3. The van der Waals surface area contributed by atoms with Crippen LogP contribution in [-0.4, -0.2) is 34.6 Å². The highest BCUT2D eigenvalue weighted by molar-refractivity contribution is 7.09. The van der Waals surface area contributed by atoms with Crippen LogP contribution in [0.1, 0.15) is 32.2 Å². The molecule has 0 fully saturated rings. The Labute approximate surface area is 155 Å². The van der Waals surface area contributed by atoms with E-state index in [2.05, 4.69) is 4.98 Å². The van der Waals surface area contributed by atoms with E-state index in [1.807, 2.05) is 25.3 Å². The number of nitrogens with zero attached hydrogens (tertiary/aromatic N) is 2. The molecule has 1 atom stereocenters. The van der Waals surface area contributed by atoms with Gasteiger partial charge >= 0.3 is 0 Å². The molecule has 0 saturated carbocycles. The van der Waals surface area contributed by atoms with Gasteiger partial charge in [0.05, 0.1) is 16.4 Å². The summed E-state index contributed by atoms with van der Waals surface area (Å²) in [6, 6.07) is 4.24. The predicted octanol–water partition coefficient (Wildman–Crippen LogP) is 3.17. The van der Waals surface area contributed by atoms with Gasteiger partial charge in [0.2, 0.25) is 0 Å². The average molecular weight is 372 g/mol. The third-order valence-corrected chi connectivity index (χ3v) is 5.09. The summed E-state index contributed by atoms with van der Waals surface area (Å²) in [7, 11) is 0. The quantitative estimate of drug-likeness (QED) is 0.754. The lowest BCUT2D eigenvalue weighted by Crippen LogP contribution is -2.55. The summed E-state index contributed by atoms with van der Waals surface area (Å²) < 4.78 is 5.80. The molecule has 0 N–H and O–H groups in total. The second-order valence-corrected chi connectivity index (χ2v) is 7.34. The second-order valence-electron chi connectivity index (χ2n) is 6.28. The highest BCUT2D eigenvalue weighted by atomic mass is 32.1. The number of fused-ring (bicyclic) bond motifs is 1. The number of hydrogen-bond donors (Lipinski definition) is 0. The number of aryl methyl sites for hydroxylation is 1. The van der Waals surface area contributed by atoms with Crippen molar-refractivity contribution < 1.29 is 19.1 Å². The third kappa shape index (κ3) is 3.14. The SMILES string of the molecule is CCC1Oc2ccc(-c3csc(C)n3)cc2N(C(C(C)=O)C(C)=O)C1=O. The fraction of sp³-hybridized carbons (Fsp3) is 0.368. The van der Waals surface area contributed by atoms with Crippen molar-refractivity contribution in [2.75, 3.05) is 4.90 Å². The lowest BCUT2D eigenvalue weighted by Gasteiger charge is -2.37. The fourth-order valence-corrected chi connectivity index (χ4v) is 3.73. The van der Waals surface area contributed by atoms with Gasteiger partial charge in [-0.05, 0) is 45.4 Å². The van der Waals surface area contributed by atoms with Crippen LogP contribution >= 0.6 is 11.3 Å². The van der Waals surface area contributed by atoms with Gasteiger partial charge in [0.15, 0.2) is 23.7 Å². The van der Waals surface area contributed by atoms with Crippen molar-refractivity contribution in [3.63, 3.8) is 0 Å². The maximum atomic E-state index is 12.9. The van der Waals surface area contributed by atoms with E-state index >= 15 is 0 Å². The Morgan fingerprint density at radius 3 is 2.54 bits per heavy atom. The summed E-state index contributed by atoms with van der Waals surface area (Å²) in [6.45, 7) is 6.39. The number of hydrogen-bond acceptors (Lipinski definition) is 6. The minimum absolute atomic E-state index is 0.372. The number of ketones is 2. The van der Waals surface area contributed by atoms with Gasteiger partial charge in [-0.25, -0.2) is 4.98 Å². The predicted molar refractivity (Wildman–Crippen MR) is 99.6 cm³/mol. The summed E-state index contributed by atoms with van der Waals surface area (Å²) in [6.07, 6.45) is -0.263. The van der Waals surface area contributed by atoms with E-state index in [1.54, 1.807) is 12.1 Å². The first-order valence-corrected chi connectivity index (χ1v) is 9.28. The van der Waals surface area contributed by atoms with E-state index < -0.39 is 12.1 Å². The fourth-order valence-electron chi connectivity index (χ4n) is 3.11. The van der Waals surface area contributed by atoms with Crippen molar-refractivity contribution >= 4 is 34.5 Å². The summed E-state index contributed by atoms with van der Waals surface area (Å²) in [4.78, 5) is 42.9. The maximum absolute atomic E-state index is 12.9. The summed E-state index contributed by atoms with van der Waals surface area (Å²) in [5, 5.41) is 2.85. The third-order valence-electron chi connectivity index (χ3n) is 4.31. The monoisotopic (exact) mass is 372 g/mol. The van der Waals surface area contributed by atoms with Crippen LogP contribution in [0.4, 0.5) is 5.69 Å². The van der Waals surface area contributed by atoms with Gasteiger partial charge in [0.25, 0.3) is 5.91 Å². The molecule has 26 heavy (non-hydrogen) atoms. The maximum Gasteiger partial charge on any atom is 0.269 e. The van der Waals surface area contributed by atoms with Crippen molar-refractivity contribution in [2.24, 2.45) is 0 Å². The smallest absolute Gasteiger partial charge is 0.269 e. The molecule has 1 amide bonds. The highest BCUT2D eigenvalue weighted by Gasteiger charge is 2.41. The van der Waals surface area contributed by atoms with E-state index in [4.69, 9.17) is 4.74 Å². The number of thiazole rings is 1. The molecule has 0 radical (unpaired) electrons. The van der Waals surface area contributed by atoms with Crippen molar-refractivity contribution in [1.82, 2.24) is 4.98 Å². The average Bonchev–Trinajstić information content (AvgIpc) is 3.02. The number of carbonyl (C=O) groups excluding carboxylic acids is 3. The zero-order chi connectivity index (χ0) is 19.0. The zero-order valence-electron chi connectivity index (χ0n) is 15.1. The van der Waals surface area contributed by atoms with Gasteiger partial charge in [-0.3, -0.25) is 19.3 Å². The van der Waals surface area contributed by atoms with Gasteiger partial charge in [0, 0.05) is 10.9 Å². The molecular weight excluding hydrogens is 352 g/mol. The molecule has 1 aliphatic rings. The first kappa shape index (κ1) is 18.3. The molecule has 136 valence electrons. The molecule has 0 spiro atoms. The van der Waals surface area contributed by atoms with Crippen molar-refractivity contribution in [2.45, 2.75) is 46.3 Å². The molecule has 3 rings (SSSR count). The van der Waals surface area contributed by atoms with Crippen LogP contribution in [-0.2, 0) is 14.4 Å². The number of amides is 1. The molecule has 6 nitrogen and oxygen atoms in total. The van der Waals surface area contributed by atoms with Crippen LogP contribution in [0.5, 0.6) is 5.75 Å². The molecule has 1 aromatic carbocycles. The standard InChI is InChI=1S/C19H20N2O4S/c1-5-16-19(24)21(18(10(2)22)11(3)23)15-8-13(6-7-17(15)25-16)14-9-26-12(4)20-14/h6-9,16,18H,5H2,1-4H3. The van der Waals surface area contributed by atoms with E-state index in [1.165, 1.54) is 30.1 Å². The normalized spacial score (nSPS) is 16.4. The Morgan fingerprint density at radius 1 is 1.31 bits per heavy atom. The van der Waals surface area contributed by atoms with Crippen LogP contribution in [0, 0.1) is 6.92 Å². The van der Waals surface area contributed by atoms with Gasteiger partial charge in [0.1, 0.15) is 5.75 Å². The van der Waals surface area contributed by atoms with E-state index in [0.717, 1.165) is 16.3 Å². The van der Waals surface area contributed by atoms with Gasteiger partial charge in [-0.15, -0.1) is 11.3 Å². The lowest BCUT2D eigenvalue weighted by atomic mass is 10.0. The Balaban J connectivity index is 2.16. The molecular formula is C19H20N2O4S. The number of Topliss-reactive ketones (excluding diaryl/α,β-unsaturated/α-hetero) is 2. The van der Waals surface area contributed by atoms with Crippen LogP contribution < -0.4 is 9.64 Å². The zero-order valence-corrected chi connectivity index (χ0v) is 15.9. The molecule has 0 aliphatic carbocycles. The molecule has 1 aliphatic heterocycles. The van der Waals surface area contributed by atoms with Crippen LogP contribution in [0.15, 0.2) is 23.6 Å². The van der Waals surface area contributed by atoms with E-state index in [-0.39, 0.29) is 17.5 Å². The van der Waals surface area contributed by atoms with Crippen LogP contribution in [0.25, 0.3) is 11.3 Å². The van der Waals surface area contributed by atoms with E-state index in [9.17, 15) is 14.4 Å². The second kappa shape index (κ2) is 6.99. The topological polar surface area (TPSA) is 76.6 Å². The van der Waals surface area contributed by atoms with Gasteiger partial charge in [-0.1, -0.05) is 6.92 Å². The van der Waals surface area contributed by atoms with Crippen LogP contribution in [0.3, 0.4) is 0 Å². The van der Waals surface area contributed by atoms with Crippen molar-refractivity contribution in [3.05, 3.63) is 28.6 Å². The van der Waals surface area contributed by atoms with Crippen molar-refractivity contribution in [1.29, 1.82) is 0 Å². The molecule has 2 aromatic rings. The number of benzene rings is 1. The Morgan fingerprint density at radius 2 is 2.00 bits per heavy atom. The minimum atomic E-state index is -1.15. The molecule has 1 unspecified atom stereocenters. The van der Waals surface area contributed by atoms with Gasteiger partial charge < -0.3 is 4.74 Å². The number of ether oxygens (including phenoxy) is 1. The first-order valence-electron chi connectivity index (χ1n) is 8.40. The molecule has 2 heterocycles. The lowest BCUT2D eigenvalue weighted by molar-refractivity contribution is -0.134. The Hall–Kier alpha value is -2.54. The number of rotatable bonds is 5. The summed E-state index contributed by atoms with van der Waals surface area (Å²) >= 11 is 1.53. The number of carbonyl (C=O) groups is 3. The largest absolute Gasteiger partial charge is 0.478 e. The Kier molecular flexibility index (Phi) is 4.91. The van der Waals surface area contributed by atoms with Gasteiger partial charge in [-0.2, -0.15) is 0 Å². The highest BCUT2D eigenvalue weighted by Crippen LogP contribution is 2.39. The van der Waals surface area contributed by atoms with Crippen molar-refractivity contribution in [3.8, 4) is 17.0 Å². The van der Waals surface area contributed by atoms with E-state index in [0.29, 0.717) is 17.9 Å². The summed E-state index contributed by atoms with van der Waals surface area (Å²) in [5.41, 5.74) is 2.01. The minimum Gasteiger partial charge on any atom is -0.478 e. The van der Waals surface area contributed by atoms with Crippen LogP contribution in [0.2, 0.25) is 0 Å². The molecule has 0 bridgehead atoms. The Bertz CT molecular complexity index is 875. The number of aromatic nitrogens is 1. The molecule has 1 aromatic heterocycles.